The molecule has 0 unspecified atom stereocenters. The molecule has 3 aromatic carbocycles. The molecule has 0 atom stereocenters. The fourth-order valence-electron chi connectivity index (χ4n) is 2.75. The lowest BCUT2D eigenvalue weighted by Gasteiger charge is -2.16. The molecule has 0 radical (unpaired) electrons. The number of nitrogens with one attached hydrogen (secondary N) is 1. The van der Waals surface area contributed by atoms with Crippen LogP contribution in [0.5, 0.6) is 0 Å². The summed E-state index contributed by atoms with van der Waals surface area (Å²) in [6.07, 6.45) is 1.68. The van der Waals surface area contributed by atoms with E-state index in [2.05, 4.69) is 10.5 Å². The van der Waals surface area contributed by atoms with E-state index in [0.29, 0.717) is 0 Å². The number of nitrogens with zero attached hydrogens (tertiary/aromatic N) is 1. The van der Waals surface area contributed by atoms with Crippen molar-refractivity contribution >= 4 is 12.1 Å². The molecule has 0 aliphatic carbocycles. The predicted molar refractivity (Wildman–Crippen MR) is 102 cm³/mol. The van der Waals surface area contributed by atoms with Crippen molar-refractivity contribution in [3.63, 3.8) is 0 Å². The largest absolute Gasteiger partial charge is 0.272 e. The van der Waals surface area contributed by atoms with Crippen molar-refractivity contribution in [2.45, 2.75) is 12.8 Å². The molecule has 3 heteroatoms. The van der Waals surface area contributed by atoms with Gasteiger partial charge in [0.25, 0.3) is 5.91 Å². The molecule has 0 spiro atoms. The topological polar surface area (TPSA) is 41.5 Å². The van der Waals surface area contributed by atoms with E-state index < -0.39 is 5.92 Å². The highest BCUT2D eigenvalue weighted by molar-refractivity contribution is 5.89. The average Bonchev–Trinajstić information content (AvgIpc) is 2.65. The summed E-state index contributed by atoms with van der Waals surface area (Å²) in [7, 11) is 0. The van der Waals surface area contributed by atoms with Gasteiger partial charge in [0.1, 0.15) is 0 Å². The molecule has 0 bridgehead atoms. The van der Waals surface area contributed by atoms with Gasteiger partial charge in [-0.05, 0) is 29.2 Å². The number of rotatable bonds is 5. The highest BCUT2D eigenvalue weighted by Gasteiger charge is 2.22. The van der Waals surface area contributed by atoms with Gasteiger partial charge in [0.05, 0.1) is 12.1 Å². The Hall–Kier alpha value is -3.20. The van der Waals surface area contributed by atoms with E-state index in [0.717, 1.165) is 22.3 Å². The summed E-state index contributed by atoms with van der Waals surface area (Å²) in [5, 5.41) is 4.15. The van der Waals surface area contributed by atoms with Crippen molar-refractivity contribution in [1.82, 2.24) is 5.43 Å². The molecular weight excluding hydrogens is 308 g/mol. The van der Waals surface area contributed by atoms with E-state index in [1.165, 1.54) is 0 Å². The summed E-state index contributed by atoms with van der Waals surface area (Å²) < 4.78 is 0. The first-order chi connectivity index (χ1) is 12.3. The third-order valence-corrected chi connectivity index (χ3v) is 4.09. The van der Waals surface area contributed by atoms with Crippen molar-refractivity contribution in [3.8, 4) is 0 Å². The molecule has 0 heterocycles. The first-order valence-corrected chi connectivity index (χ1v) is 8.24. The van der Waals surface area contributed by atoms with Gasteiger partial charge in [-0.15, -0.1) is 0 Å². The van der Waals surface area contributed by atoms with E-state index in [4.69, 9.17) is 0 Å². The van der Waals surface area contributed by atoms with E-state index in [-0.39, 0.29) is 5.91 Å². The van der Waals surface area contributed by atoms with Crippen molar-refractivity contribution in [3.05, 3.63) is 107 Å². The number of aryl methyl sites for hydroxylation is 1. The SMILES string of the molecule is Cc1ccccc1/C=N\NC(=O)C(c1ccccc1)c1ccccc1. The van der Waals surface area contributed by atoms with E-state index in [1.807, 2.05) is 91.9 Å². The van der Waals surface area contributed by atoms with Gasteiger partial charge in [0, 0.05) is 0 Å². The first-order valence-electron chi connectivity index (χ1n) is 8.24. The lowest BCUT2D eigenvalue weighted by molar-refractivity contribution is -0.121. The van der Waals surface area contributed by atoms with Gasteiger partial charge in [-0.1, -0.05) is 84.9 Å². The van der Waals surface area contributed by atoms with Gasteiger partial charge in [0.2, 0.25) is 0 Å². The summed E-state index contributed by atoms with van der Waals surface area (Å²) in [5.74, 6) is -0.543. The molecule has 0 aliphatic heterocycles. The summed E-state index contributed by atoms with van der Waals surface area (Å²) in [6, 6.07) is 27.4. The highest BCUT2D eigenvalue weighted by atomic mass is 16.2. The molecule has 0 saturated heterocycles. The molecule has 3 aromatic rings. The Balaban J connectivity index is 1.82. The van der Waals surface area contributed by atoms with Crippen LogP contribution in [0.4, 0.5) is 0 Å². The lowest BCUT2D eigenvalue weighted by atomic mass is 9.91. The maximum atomic E-state index is 12.8. The Morgan fingerprint density at radius 2 is 1.36 bits per heavy atom. The fraction of sp³-hybridized carbons (Fsp3) is 0.0909. The number of carbonyl (C=O) groups excluding carboxylic acids is 1. The number of hydrogen-bond acceptors (Lipinski definition) is 2. The standard InChI is InChI=1S/C22H20N2O/c1-17-10-8-9-15-20(17)16-23-24-22(25)21(18-11-4-2-5-12-18)19-13-6-3-7-14-19/h2-16,21H,1H3,(H,24,25)/b23-16-. The number of amides is 1. The molecular formula is C22H20N2O. The van der Waals surface area contributed by atoms with Crippen LogP contribution < -0.4 is 5.43 Å². The average molecular weight is 328 g/mol. The smallest absolute Gasteiger partial charge is 0.252 e. The van der Waals surface area contributed by atoms with E-state index in [1.54, 1.807) is 6.21 Å². The Labute approximate surface area is 148 Å². The van der Waals surface area contributed by atoms with Gasteiger partial charge < -0.3 is 0 Å². The van der Waals surface area contributed by atoms with Crippen molar-refractivity contribution in [1.29, 1.82) is 0 Å². The van der Waals surface area contributed by atoms with Gasteiger partial charge in [-0.2, -0.15) is 5.10 Å². The van der Waals surface area contributed by atoms with Crippen LogP contribution in [-0.4, -0.2) is 12.1 Å². The fourth-order valence-corrected chi connectivity index (χ4v) is 2.75. The number of hydrazone groups is 1. The minimum absolute atomic E-state index is 0.151. The van der Waals surface area contributed by atoms with Crippen molar-refractivity contribution < 1.29 is 4.79 Å². The first kappa shape index (κ1) is 16.7. The molecule has 0 aromatic heterocycles. The molecule has 0 fully saturated rings. The maximum absolute atomic E-state index is 12.8. The molecule has 124 valence electrons. The zero-order chi connectivity index (χ0) is 17.5. The zero-order valence-electron chi connectivity index (χ0n) is 14.1. The maximum Gasteiger partial charge on any atom is 0.252 e. The molecule has 3 nitrogen and oxygen atoms in total. The Morgan fingerprint density at radius 1 is 0.840 bits per heavy atom. The summed E-state index contributed by atoms with van der Waals surface area (Å²) in [5.41, 5.74) is 6.67. The summed E-state index contributed by atoms with van der Waals surface area (Å²) in [4.78, 5) is 12.8. The summed E-state index contributed by atoms with van der Waals surface area (Å²) in [6.45, 7) is 2.01. The van der Waals surface area contributed by atoms with Gasteiger partial charge in [0.15, 0.2) is 0 Å². The molecule has 1 N–H and O–H groups in total. The van der Waals surface area contributed by atoms with Crippen LogP contribution >= 0.6 is 0 Å². The number of hydrogen-bond donors (Lipinski definition) is 1. The Bertz CT molecular complexity index is 818. The monoisotopic (exact) mass is 328 g/mol. The van der Waals surface area contributed by atoms with Gasteiger partial charge in [-0.3, -0.25) is 4.79 Å². The van der Waals surface area contributed by atoms with Crippen molar-refractivity contribution in [2.24, 2.45) is 5.10 Å². The molecule has 0 saturated carbocycles. The predicted octanol–water partition coefficient (Wildman–Crippen LogP) is 4.28. The van der Waals surface area contributed by atoms with Crippen LogP contribution in [0.15, 0.2) is 90.0 Å². The highest BCUT2D eigenvalue weighted by Crippen LogP contribution is 2.24. The quantitative estimate of drug-likeness (QED) is 0.551. The van der Waals surface area contributed by atoms with Crippen LogP contribution in [0.25, 0.3) is 0 Å². The summed E-state index contributed by atoms with van der Waals surface area (Å²) >= 11 is 0. The molecule has 25 heavy (non-hydrogen) atoms. The molecule has 0 aliphatic rings. The Morgan fingerprint density at radius 3 is 1.92 bits per heavy atom. The number of carbonyl (C=O) groups is 1. The van der Waals surface area contributed by atoms with Gasteiger partial charge in [-0.25, -0.2) is 5.43 Å². The Kier molecular flexibility index (Phi) is 5.37. The third kappa shape index (κ3) is 4.21. The number of benzene rings is 3. The van der Waals surface area contributed by atoms with Crippen LogP contribution in [0.2, 0.25) is 0 Å². The van der Waals surface area contributed by atoms with E-state index >= 15 is 0 Å². The van der Waals surface area contributed by atoms with Crippen LogP contribution in [0.1, 0.15) is 28.2 Å². The second kappa shape index (κ2) is 8.06. The van der Waals surface area contributed by atoms with Crippen molar-refractivity contribution in [2.75, 3.05) is 0 Å². The van der Waals surface area contributed by atoms with Crippen LogP contribution in [-0.2, 0) is 4.79 Å². The third-order valence-electron chi connectivity index (χ3n) is 4.09. The minimum atomic E-state index is -0.392. The van der Waals surface area contributed by atoms with Gasteiger partial charge >= 0.3 is 0 Å². The lowest BCUT2D eigenvalue weighted by Crippen LogP contribution is -2.26. The normalized spacial score (nSPS) is 11.0. The zero-order valence-corrected chi connectivity index (χ0v) is 14.1. The second-order valence-corrected chi connectivity index (χ2v) is 5.85. The van der Waals surface area contributed by atoms with Crippen LogP contribution in [0, 0.1) is 6.92 Å². The second-order valence-electron chi connectivity index (χ2n) is 5.85. The van der Waals surface area contributed by atoms with Crippen LogP contribution in [0.3, 0.4) is 0 Å². The molecule has 3 rings (SSSR count). The minimum Gasteiger partial charge on any atom is -0.272 e. The van der Waals surface area contributed by atoms with E-state index in [9.17, 15) is 4.79 Å². The molecule has 1 amide bonds.